The minimum atomic E-state index is -1.01. The molecule has 32 heavy (non-hydrogen) atoms. The molecular weight excluding hydrogens is 408 g/mol. The molecule has 0 aromatic heterocycles. The fraction of sp³-hybridized carbons (Fsp3) is 0.333. The Bertz CT molecular complexity index is 1000. The van der Waals surface area contributed by atoms with E-state index < -0.39 is 35.8 Å². The summed E-state index contributed by atoms with van der Waals surface area (Å²) < 4.78 is 0. The van der Waals surface area contributed by atoms with Gasteiger partial charge in [0.25, 0.3) is 0 Å². The molecule has 5 N–H and O–H groups in total. The number of nitrogens with two attached hydrogens (primary N) is 1. The highest BCUT2D eigenvalue weighted by Crippen LogP contribution is 2.16. The second-order valence-corrected chi connectivity index (χ2v) is 8.11. The first-order valence-electron chi connectivity index (χ1n) is 10.5. The maximum absolute atomic E-state index is 12.6. The van der Waals surface area contributed by atoms with Gasteiger partial charge in [-0.2, -0.15) is 0 Å². The summed E-state index contributed by atoms with van der Waals surface area (Å²) in [6.45, 7) is 3.85. The molecule has 0 unspecified atom stereocenters. The highest BCUT2D eigenvalue weighted by atomic mass is 16.2. The molecule has 8 nitrogen and oxygen atoms in total. The predicted molar refractivity (Wildman–Crippen MR) is 119 cm³/mol. The van der Waals surface area contributed by atoms with Gasteiger partial charge in [0.2, 0.25) is 23.6 Å². The first-order valence-corrected chi connectivity index (χ1v) is 10.5. The molecule has 1 fully saturated rings. The molecule has 2 aromatic carbocycles. The summed E-state index contributed by atoms with van der Waals surface area (Å²) in [5.74, 6) is -2.00. The van der Waals surface area contributed by atoms with E-state index in [-0.39, 0.29) is 18.7 Å². The van der Waals surface area contributed by atoms with Crippen LogP contribution in [-0.2, 0) is 32.0 Å². The van der Waals surface area contributed by atoms with E-state index in [1.807, 2.05) is 62.4 Å². The Balaban J connectivity index is 1.59. The molecule has 0 saturated carbocycles. The number of primary amides is 1. The first-order chi connectivity index (χ1) is 15.2. The van der Waals surface area contributed by atoms with E-state index >= 15 is 0 Å². The number of carbonyl (C=O) groups is 4. The first kappa shape index (κ1) is 23.0. The van der Waals surface area contributed by atoms with Crippen LogP contribution in [0.3, 0.4) is 0 Å². The number of hydrogen-bond acceptors (Lipinski definition) is 4. The molecular formula is C24H28N4O4. The fourth-order valence-corrected chi connectivity index (χ4v) is 3.85. The lowest BCUT2D eigenvalue weighted by Gasteiger charge is -2.29. The third-order valence-corrected chi connectivity index (χ3v) is 5.67. The molecule has 4 amide bonds. The van der Waals surface area contributed by atoms with Crippen molar-refractivity contribution in [2.45, 2.75) is 51.2 Å². The third kappa shape index (κ3) is 5.72. The molecule has 168 valence electrons. The number of hydrogen-bond donors (Lipinski definition) is 4. The van der Waals surface area contributed by atoms with Crippen molar-refractivity contribution in [1.29, 1.82) is 0 Å². The van der Waals surface area contributed by atoms with Gasteiger partial charge in [0.05, 0.1) is 6.42 Å². The summed E-state index contributed by atoms with van der Waals surface area (Å²) in [7, 11) is 0. The van der Waals surface area contributed by atoms with E-state index in [1.165, 1.54) is 0 Å². The van der Waals surface area contributed by atoms with Crippen molar-refractivity contribution in [3.63, 3.8) is 0 Å². The van der Waals surface area contributed by atoms with Crippen molar-refractivity contribution in [2.75, 3.05) is 0 Å². The van der Waals surface area contributed by atoms with Gasteiger partial charge in [-0.1, -0.05) is 48.5 Å². The van der Waals surface area contributed by atoms with Crippen LogP contribution in [0.15, 0.2) is 48.5 Å². The van der Waals surface area contributed by atoms with E-state index in [1.54, 1.807) is 0 Å². The van der Waals surface area contributed by atoms with Gasteiger partial charge in [0.15, 0.2) is 0 Å². The SMILES string of the molecule is Cc1cccc(C)c1C[C@@H](NC(=O)C[C@@H]1NC(=O)[C@H](Cc2ccccc2)NC1=O)C(N)=O. The predicted octanol–water partition coefficient (Wildman–Crippen LogP) is 0.432. The zero-order chi connectivity index (χ0) is 23.3. The number of benzene rings is 2. The summed E-state index contributed by atoms with van der Waals surface area (Å²) in [5.41, 5.74) is 9.34. The van der Waals surface area contributed by atoms with Gasteiger partial charge < -0.3 is 21.7 Å². The van der Waals surface area contributed by atoms with Crippen molar-refractivity contribution in [1.82, 2.24) is 16.0 Å². The number of aryl methyl sites for hydroxylation is 2. The topological polar surface area (TPSA) is 130 Å². The van der Waals surface area contributed by atoms with Crippen molar-refractivity contribution < 1.29 is 19.2 Å². The molecule has 1 aliphatic rings. The van der Waals surface area contributed by atoms with Crippen LogP contribution in [0.25, 0.3) is 0 Å². The van der Waals surface area contributed by atoms with E-state index in [4.69, 9.17) is 5.73 Å². The minimum absolute atomic E-state index is 0.252. The van der Waals surface area contributed by atoms with Crippen LogP contribution in [0.5, 0.6) is 0 Å². The van der Waals surface area contributed by atoms with Gasteiger partial charge in [0.1, 0.15) is 18.1 Å². The Labute approximate surface area is 186 Å². The number of piperazine rings is 1. The Morgan fingerprint density at radius 1 is 0.938 bits per heavy atom. The van der Waals surface area contributed by atoms with Crippen LogP contribution < -0.4 is 21.7 Å². The van der Waals surface area contributed by atoms with Crippen LogP contribution in [0, 0.1) is 13.8 Å². The van der Waals surface area contributed by atoms with Crippen LogP contribution >= 0.6 is 0 Å². The van der Waals surface area contributed by atoms with Gasteiger partial charge in [-0.25, -0.2) is 0 Å². The number of rotatable bonds is 8. The molecule has 8 heteroatoms. The lowest BCUT2D eigenvalue weighted by Crippen LogP contribution is -2.63. The summed E-state index contributed by atoms with van der Waals surface area (Å²) in [5, 5.41) is 7.90. The summed E-state index contributed by atoms with van der Waals surface area (Å²) >= 11 is 0. The number of amides is 4. The van der Waals surface area contributed by atoms with Gasteiger partial charge in [-0.05, 0) is 36.1 Å². The maximum atomic E-state index is 12.6. The molecule has 0 radical (unpaired) electrons. The Hall–Kier alpha value is -3.68. The second kappa shape index (κ2) is 10.1. The highest BCUT2D eigenvalue weighted by Gasteiger charge is 2.35. The fourth-order valence-electron chi connectivity index (χ4n) is 3.85. The van der Waals surface area contributed by atoms with Crippen molar-refractivity contribution in [2.24, 2.45) is 5.73 Å². The summed E-state index contributed by atoms with van der Waals surface area (Å²) in [6, 6.07) is 12.5. The van der Waals surface area contributed by atoms with Crippen LogP contribution in [0.1, 0.15) is 28.7 Å². The highest BCUT2D eigenvalue weighted by molar-refractivity contribution is 5.99. The molecule has 1 heterocycles. The average molecular weight is 437 g/mol. The third-order valence-electron chi connectivity index (χ3n) is 5.67. The standard InChI is InChI=1S/C24H28N4O4/c1-14-7-6-8-15(2)17(14)12-18(22(25)30)26-21(29)13-20-24(32)27-19(23(31)28-20)11-16-9-4-3-5-10-16/h3-10,18-20H,11-13H2,1-2H3,(H2,25,30)(H,26,29)(H,27,32)(H,28,31)/t18-,19+,20+/m1/s1. The molecule has 1 aliphatic heterocycles. The average Bonchev–Trinajstić information content (AvgIpc) is 2.74. The molecule has 3 atom stereocenters. The minimum Gasteiger partial charge on any atom is -0.368 e. The Kier molecular flexibility index (Phi) is 7.25. The molecule has 3 rings (SSSR count). The molecule has 1 saturated heterocycles. The van der Waals surface area contributed by atoms with Crippen LogP contribution in [0.4, 0.5) is 0 Å². The Morgan fingerprint density at radius 2 is 1.53 bits per heavy atom. The lowest BCUT2D eigenvalue weighted by molar-refractivity contribution is -0.138. The van der Waals surface area contributed by atoms with Crippen LogP contribution in [0.2, 0.25) is 0 Å². The van der Waals surface area contributed by atoms with Gasteiger partial charge in [-0.15, -0.1) is 0 Å². The van der Waals surface area contributed by atoms with E-state index in [0.717, 1.165) is 22.3 Å². The molecule has 2 aromatic rings. The normalized spacial score (nSPS) is 18.9. The van der Waals surface area contributed by atoms with E-state index in [0.29, 0.717) is 6.42 Å². The smallest absolute Gasteiger partial charge is 0.243 e. The largest absolute Gasteiger partial charge is 0.368 e. The quantitative estimate of drug-likeness (QED) is 0.478. The number of carbonyl (C=O) groups excluding carboxylic acids is 4. The summed E-state index contributed by atoms with van der Waals surface area (Å²) in [6.07, 6.45) is 0.324. The molecule has 0 spiro atoms. The van der Waals surface area contributed by atoms with Crippen molar-refractivity contribution in [3.8, 4) is 0 Å². The maximum Gasteiger partial charge on any atom is 0.243 e. The van der Waals surface area contributed by atoms with Gasteiger partial charge >= 0.3 is 0 Å². The van der Waals surface area contributed by atoms with E-state index in [9.17, 15) is 19.2 Å². The van der Waals surface area contributed by atoms with Crippen LogP contribution in [-0.4, -0.2) is 41.8 Å². The second-order valence-electron chi connectivity index (χ2n) is 8.11. The van der Waals surface area contributed by atoms with Crippen molar-refractivity contribution in [3.05, 3.63) is 70.8 Å². The van der Waals surface area contributed by atoms with E-state index in [2.05, 4.69) is 16.0 Å². The lowest BCUT2D eigenvalue weighted by atomic mass is 9.96. The van der Waals surface area contributed by atoms with Gasteiger partial charge in [-0.3, -0.25) is 19.2 Å². The monoisotopic (exact) mass is 436 g/mol. The van der Waals surface area contributed by atoms with Gasteiger partial charge in [0, 0.05) is 12.8 Å². The zero-order valence-corrected chi connectivity index (χ0v) is 18.2. The molecule has 0 bridgehead atoms. The Morgan fingerprint density at radius 3 is 2.16 bits per heavy atom. The molecule has 0 aliphatic carbocycles. The zero-order valence-electron chi connectivity index (χ0n) is 18.2. The van der Waals surface area contributed by atoms with Crippen molar-refractivity contribution >= 4 is 23.6 Å². The summed E-state index contributed by atoms with van der Waals surface area (Å²) in [4.78, 5) is 49.4. The number of nitrogens with one attached hydrogen (secondary N) is 3.